The van der Waals surface area contributed by atoms with Gasteiger partial charge in [-0.1, -0.05) is 44.0 Å². The zero-order valence-electron chi connectivity index (χ0n) is 14.5. The molecule has 2 rings (SSSR count). The number of aldehydes is 1. The van der Waals surface area contributed by atoms with Crippen molar-refractivity contribution in [3.8, 4) is 0 Å². The Morgan fingerprint density at radius 3 is 2.50 bits per heavy atom. The summed E-state index contributed by atoms with van der Waals surface area (Å²) >= 11 is 0. The lowest BCUT2D eigenvalue weighted by molar-refractivity contribution is -0.107. The average molecular weight is 326 g/mol. The zero-order valence-corrected chi connectivity index (χ0v) is 14.5. The zero-order chi connectivity index (χ0) is 17.4. The third-order valence-corrected chi connectivity index (χ3v) is 4.03. The second-order valence-corrected chi connectivity index (χ2v) is 5.99. The van der Waals surface area contributed by atoms with Gasteiger partial charge in [0.05, 0.1) is 0 Å². The number of benzene rings is 1. The number of unbranched alkanes of at least 4 members (excludes halogenated alkanes) is 2. The molecule has 0 unspecified atom stereocenters. The van der Waals surface area contributed by atoms with Crippen LogP contribution >= 0.6 is 0 Å². The van der Waals surface area contributed by atoms with Gasteiger partial charge in [0.15, 0.2) is 0 Å². The maximum Gasteiger partial charge on any atom is 0.222 e. The number of hydrogen-bond donors (Lipinski definition) is 2. The summed E-state index contributed by atoms with van der Waals surface area (Å²) < 4.78 is 0. The van der Waals surface area contributed by atoms with Crippen LogP contribution in [0.1, 0.15) is 48.6 Å². The topological polar surface area (TPSA) is 80.9 Å². The predicted octanol–water partition coefficient (Wildman–Crippen LogP) is 3.30. The van der Waals surface area contributed by atoms with Crippen molar-refractivity contribution in [1.29, 1.82) is 0 Å². The highest BCUT2D eigenvalue weighted by atomic mass is 16.1. The van der Waals surface area contributed by atoms with E-state index in [1.807, 2.05) is 19.1 Å². The minimum Gasteiger partial charge on any atom is -0.370 e. The number of aryl methyl sites for hydroxylation is 1. The van der Waals surface area contributed by atoms with Gasteiger partial charge < -0.3 is 15.8 Å². The van der Waals surface area contributed by atoms with Gasteiger partial charge in [-0.2, -0.15) is 4.98 Å². The van der Waals surface area contributed by atoms with Crippen LogP contribution in [-0.2, 0) is 17.6 Å². The molecular weight excluding hydrogens is 300 g/mol. The Morgan fingerprint density at radius 2 is 1.83 bits per heavy atom. The third-order valence-electron chi connectivity index (χ3n) is 4.03. The van der Waals surface area contributed by atoms with Crippen LogP contribution in [0.25, 0.3) is 0 Å². The fourth-order valence-electron chi connectivity index (χ4n) is 2.65. The van der Waals surface area contributed by atoms with Gasteiger partial charge in [0.1, 0.15) is 12.1 Å². The number of rotatable bonds is 9. The van der Waals surface area contributed by atoms with Crippen molar-refractivity contribution in [1.82, 2.24) is 9.97 Å². The van der Waals surface area contributed by atoms with E-state index in [9.17, 15) is 4.79 Å². The van der Waals surface area contributed by atoms with E-state index in [4.69, 9.17) is 5.73 Å². The number of nitrogens with two attached hydrogens (primary N) is 1. The fourth-order valence-corrected chi connectivity index (χ4v) is 2.65. The van der Waals surface area contributed by atoms with Gasteiger partial charge in [0, 0.05) is 30.6 Å². The molecule has 0 aliphatic carbocycles. The van der Waals surface area contributed by atoms with Gasteiger partial charge in [-0.3, -0.25) is 0 Å². The lowest BCUT2D eigenvalue weighted by atomic mass is 10.0. The quantitative estimate of drug-likeness (QED) is 0.546. The Morgan fingerprint density at radius 1 is 1.12 bits per heavy atom. The maximum atomic E-state index is 10.6. The van der Waals surface area contributed by atoms with Crippen LogP contribution in [0, 0.1) is 6.92 Å². The first-order valence-electron chi connectivity index (χ1n) is 8.52. The summed E-state index contributed by atoms with van der Waals surface area (Å²) in [5.74, 6) is 1.13. The van der Waals surface area contributed by atoms with Crippen molar-refractivity contribution in [3.63, 3.8) is 0 Å². The monoisotopic (exact) mass is 326 g/mol. The molecule has 5 heteroatoms. The molecule has 2 aromatic rings. The molecule has 0 fully saturated rings. The molecule has 0 saturated heterocycles. The number of nitrogens with one attached hydrogen (secondary N) is 1. The Hall–Kier alpha value is -2.43. The van der Waals surface area contributed by atoms with E-state index in [1.165, 1.54) is 12.8 Å². The summed E-state index contributed by atoms with van der Waals surface area (Å²) in [5, 5.41) is 3.40. The Balaban J connectivity index is 2.16. The first-order chi connectivity index (χ1) is 11.6. The summed E-state index contributed by atoms with van der Waals surface area (Å²) in [5.41, 5.74) is 9.97. The summed E-state index contributed by atoms with van der Waals surface area (Å²) in [6.45, 7) is 5.03. The molecule has 0 aliphatic heterocycles. The molecule has 5 nitrogen and oxygen atoms in total. The number of aromatic nitrogens is 2. The summed E-state index contributed by atoms with van der Waals surface area (Å²) in [6, 6.07) is 8.09. The van der Waals surface area contributed by atoms with E-state index >= 15 is 0 Å². The number of anilines is 2. The molecular formula is C19H26N4O. The van der Waals surface area contributed by atoms with Crippen LogP contribution in [0.4, 0.5) is 11.8 Å². The summed E-state index contributed by atoms with van der Waals surface area (Å²) in [7, 11) is 0. The standard InChI is InChI=1S/C19H26N4O/c1-3-4-5-11-21-18-17(14(2)22-19(20)23-18)13-16-8-6-15(7-9-16)10-12-24/h6-9,12H,3-5,10-11,13H2,1-2H3,(H3,20,21,22,23). The van der Waals surface area contributed by atoms with E-state index in [0.717, 1.165) is 53.9 Å². The Bertz CT molecular complexity index is 668. The maximum absolute atomic E-state index is 10.6. The van der Waals surface area contributed by atoms with Crippen molar-refractivity contribution in [2.75, 3.05) is 17.6 Å². The third kappa shape index (κ3) is 5.05. The van der Waals surface area contributed by atoms with Crippen LogP contribution in [0.5, 0.6) is 0 Å². The van der Waals surface area contributed by atoms with Crippen molar-refractivity contribution < 1.29 is 4.79 Å². The van der Waals surface area contributed by atoms with Crippen LogP contribution in [0.2, 0.25) is 0 Å². The lowest BCUT2D eigenvalue weighted by Crippen LogP contribution is -2.11. The van der Waals surface area contributed by atoms with Crippen LogP contribution in [0.15, 0.2) is 24.3 Å². The predicted molar refractivity (Wildman–Crippen MR) is 98.2 cm³/mol. The molecule has 1 aromatic heterocycles. The minimum absolute atomic E-state index is 0.301. The molecule has 0 saturated carbocycles. The van der Waals surface area contributed by atoms with Crippen LogP contribution in [0.3, 0.4) is 0 Å². The normalized spacial score (nSPS) is 10.6. The van der Waals surface area contributed by atoms with Gasteiger partial charge in [-0.25, -0.2) is 4.98 Å². The largest absolute Gasteiger partial charge is 0.370 e. The van der Waals surface area contributed by atoms with E-state index in [0.29, 0.717) is 12.4 Å². The number of hydrogen-bond acceptors (Lipinski definition) is 5. The number of nitrogens with zero attached hydrogens (tertiary/aromatic N) is 2. The number of nitrogen functional groups attached to an aromatic ring is 1. The molecule has 128 valence electrons. The SMILES string of the molecule is CCCCCNc1nc(N)nc(C)c1Cc1ccc(CC=O)cc1. The van der Waals surface area contributed by atoms with Crippen LogP contribution in [-0.4, -0.2) is 22.8 Å². The van der Waals surface area contributed by atoms with E-state index in [1.54, 1.807) is 0 Å². The molecule has 3 N–H and O–H groups in total. The molecule has 0 radical (unpaired) electrons. The molecule has 0 atom stereocenters. The van der Waals surface area contributed by atoms with Crippen molar-refractivity contribution in [3.05, 3.63) is 46.6 Å². The van der Waals surface area contributed by atoms with E-state index < -0.39 is 0 Å². The number of carbonyl (C=O) groups is 1. The first kappa shape index (κ1) is 17.9. The first-order valence-corrected chi connectivity index (χ1v) is 8.52. The Kier molecular flexibility index (Phi) is 6.73. The highest BCUT2D eigenvalue weighted by Crippen LogP contribution is 2.21. The van der Waals surface area contributed by atoms with Gasteiger partial charge in [0.2, 0.25) is 5.95 Å². The highest BCUT2D eigenvalue weighted by Gasteiger charge is 2.11. The summed E-state index contributed by atoms with van der Waals surface area (Å²) in [4.78, 5) is 19.3. The Labute approximate surface area is 143 Å². The molecule has 0 amide bonds. The molecule has 1 heterocycles. The van der Waals surface area contributed by atoms with Crippen LogP contribution < -0.4 is 11.1 Å². The van der Waals surface area contributed by atoms with Gasteiger partial charge >= 0.3 is 0 Å². The van der Waals surface area contributed by atoms with Gasteiger partial charge in [-0.05, 0) is 24.5 Å². The van der Waals surface area contributed by atoms with Crippen molar-refractivity contribution in [2.24, 2.45) is 0 Å². The minimum atomic E-state index is 0.301. The molecule has 24 heavy (non-hydrogen) atoms. The second kappa shape index (κ2) is 9.01. The average Bonchev–Trinajstić information content (AvgIpc) is 2.56. The number of carbonyl (C=O) groups excluding carboxylic acids is 1. The van der Waals surface area contributed by atoms with E-state index in [-0.39, 0.29) is 0 Å². The van der Waals surface area contributed by atoms with Gasteiger partial charge in [0.25, 0.3) is 0 Å². The van der Waals surface area contributed by atoms with Crippen molar-refractivity contribution >= 4 is 18.1 Å². The summed E-state index contributed by atoms with van der Waals surface area (Å²) in [6.07, 6.45) is 5.61. The van der Waals surface area contributed by atoms with E-state index in [2.05, 4.69) is 34.3 Å². The van der Waals surface area contributed by atoms with Crippen molar-refractivity contribution in [2.45, 2.75) is 46.0 Å². The van der Waals surface area contributed by atoms with Gasteiger partial charge in [-0.15, -0.1) is 0 Å². The molecule has 0 spiro atoms. The smallest absolute Gasteiger partial charge is 0.222 e. The highest BCUT2D eigenvalue weighted by molar-refractivity contribution is 5.55. The fraction of sp³-hybridized carbons (Fsp3) is 0.421. The second-order valence-electron chi connectivity index (χ2n) is 5.99. The molecule has 0 aliphatic rings. The molecule has 1 aromatic carbocycles. The lowest BCUT2D eigenvalue weighted by Gasteiger charge is -2.14. The molecule has 0 bridgehead atoms.